The summed E-state index contributed by atoms with van der Waals surface area (Å²) >= 11 is 5.20. The molecule has 0 spiro atoms. The first-order valence-electron chi connectivity index (χ1n) is 5.46. The van der Waals surface area contributed by atoms with E-state index < -0.39 is 0 Å². The molecule has 0 radical (unpaired) electrons. The van der Waals surface area contributed by atoms with Crippen molar-refractivity contribution in [3.8, 4) is 11.3 Å². The summed E-state index contributed by atoms with van der Waals surface area (Å²) in [6.07, 6.45) is 2.38. The second kappa shape index (κ2) is 4.75. The molecule has 0 fully saturated rings. The Balaban J connectivity index is 2.68. The number of nitrogens with zero attached hydrogens (tertiary/aromatic N) is 1. The summed E-state index contributed by atoms with van der Waals surface area (Å²) in [6.45, 7) is 3.91. The fraction of sp³-hybridized carbons (Fsp3) is 0.231. The van der Waals surface area contributed by atoms with E-state index in [1.807, 2.05) is 13.8 Å². The number of benzene rings is 1. The first-order chi connectivity index (χ1) is 8.13. The van der Waals surface area contributed by atoms with Crippen LogP contribution < -0.4 is 0 Å². The van der Waals surface area contributed by atoms with Crippen molar-refractivity contribution in [2.45, 2.75) is 20.3 Å². The number of rotatable bonds is 2. The lowest BCUT2D eigenvalue weighted by atomic mass is 10.0. The molecule has 1 aromatic heterocycles. The molecule has 0 saturated heterocycles. The van der Waals surface area contributed by atoms with E-state index in [4.69, 9.17) is 12.2 Å². The summed E-state index contributed by atoms with van der Waals surface area (Å²) in [5.41, 5.74) is 3.79. The highest BCUT2D eigenvalue weighted by molar-refractivity contribution is 7.71. The van der Waals surface area contributed by atoms with Crippen LogP contribution in [0, 0.1) is 17.4 Å². The molecule has 0 amide bonds. The third kappa shape index (κ3) is 2.26. The Morgan fingerprint density at radius 2 is 2.18 bits per heavy atom. The van der Waals surface area contributed by atoms with E-state index in [2.05, 4.69) is 9.97 Å². The molecule has 1 heterocycles. The van der Waals surface area contributed by atoms with Gasteiger partial charge in [0.1, 0.15) is 10.5 Å². The van der Waals surface area contributed by atoms with Gasteiger partial charge in [-0.05, 0) is 37.1 Å². The Morgan fingerprint density at radius 1 is 1.41 bits per heavy atom. The Labute approximate surface area is 105 Å². The highest BCUT2D eigenvalue weighted by atomic mass is 32.1. The molecule has 0 saturated carbocycles. The van der Waals surface area contributed by atoms with Crippen molar-refractivity contribution >= 4 is 12.2 Å². The molecule has 0 atom stereocenters. The minimum absolute atomic E-state index is 0.225. The molecule has 0 aliphatic rings. The summed E-state index contributed by atoms with van der Waals surface area (Å²) in [6, 6.07) is 4.75. The van der Waals surface area contributed by atoms with Gasteiger partial charge in [-0.1, -0.05) is 19.1 Å². The predicted molar refractivity (Wildman–Crippen MR) is 68.9 cm³/mol. The van der Waals surface area contributed by atoms with Crippen molar-refractivity contribution in [2.24, 2.45) is 0 Å². The highest BCUT2D eigenvalue weighted by Gasteiger charge is 2.09. The number of nitrogens with one attached hydrogen (secondary N) is 1. The third-order valence-corrected chi connectivity index (χ3v) is 3.11. The first kappa shape index (κ1) is 11.9. The van der Waals surface area contributed by atoms with Crippen LogP contribution >= 0.6 is 12.2 Å². The molecule has 1 N–H and O–H groups in total. The Bertz CT molecular complexity index is 605. The lowest BCUT2D eigenvalue weighted by Crippen LogP contribution is -1.97. The first-order valence-corrected chi connectivity index (χ1v) is 5.87. The number of H-pyrrole nitrogens is 1. The van der Waals surface area contributed by atoms with Crippen LogP contribution in [0.5, 0.6) is 0 Å². The van der Waals surface area contributed by atoms with Crippen LogP contribution in [0.4, 0.5) is 4.39 Å². The fourth-order valence-electron chi connectivity index (χ4n) is 1.90. The molecule has 4 heteroatoms. The van der Waals surface area contributed by atoms with Crippen LogP contribution in [-0.2, 0) is 6.42 Å². The van der Waals surface area contributed by atoms with E-state index >= 15 is 0 Å². The molecule has 88 valence electrons. The second-order valence-electron chi connectivity index (χ2n) is 3.87. The summed E-state index contributed by atoms with van der Waals surface area (Å²) in [5, 5.41) is 0. The lowest BCUT2D eigenvalue weighted by Gasteiger charge is -2.10. The maximum absolute atomic E-state index is 13.1. The van der Waals surface area contributed by atoms with Crippen molar-refractivity contribution in [3.63, 3.8) is 0 Å². The quantitative estimate of drug-likeness (QED) is 0.818. The van der Waals surface area contributed by atoms with Gasteiger partial charge >= 0.3 is 0 Å². The number of halogens is 1. The minimum Gasteiger partial charge on any atom is -0.346 e. The SMILES string of the molecule is CCc1c(-c2ccc(F)cc2C)[nH]cnc1=S. The van der Waals surface area contributed by atoms with Crippen molar-refractivity contribution in [1.29, 1.82) is 0 Å². The number of hydrogen-bond acceptors (Lipinski definition) is 2. The van der Waals surface area contributed by atoms with Gasteiger partial charge in [-0.3, -0.25) is 0 Å². The number of aromatic amines is 1. The average molecular weight is 248 g/mol. The van der Waals surface area contributed by atoms with Crippen molar-refractivity contribution in [1.82, 2.24) is 9.97 Å². The van der Waals surface area contributed by atoms with Gasteiger partial charge in [0, 0.05) is 11.1 Å². The fourth-order valence-corrected chi connectivity index (χ4v) is 2.20. The van der Waals surface area contributed by atoms with Gasteiger partial charge < -0.3 is 4.98 Å². The van der Waals surface area contributed by atoms with Crippen LogP contribution in [0.25, 0.3) is 11.3 Å². The van der Waals surface area contributed by atoms with Gasteiger partial charge in [-0.2, -0.15) is 0 Å². The summed E-state index contributed by atoms with van der Waals surface area (Å²) in [5.74, 6) is -0.225. The monoisotopic (exact) mass is 248 g/mol. The van der Waals surface area contributed by atoms with Crippen LogP contribution in [-0.4, -0.2) is 9.97 Å². The maximum Gasteiger partial charge on any atom is 0.133 e. The molecular formula is C13H13FN2S. The zero-order valence-electron chi connectivity index (χ0n) is 9.75. The smallest absolute Gasteiger partial charge is 0.133 e. The summed E-state index contributed by atoms with van der Waals surface area (Å²) < 4.78 is 13.7. The standard InChI is InChI=1S/C13H13FN2S/c1-3-10-12(15-7-16-13(10)17)11-5-4-9(14)6-8(11)2/h4-7H,3H2,1-2H3,(H,15,16,17). The molecule has 1 aromatic carbocycles. The Morgan fingerprint density at radius 3 is 2.82 bits per heavy atom. The van der Waals surface area contributed by atoms with Gasteiger partial charge in [-0.15, -0.1) is 0 Å². The maximum atomic E-state index is 13.1. The Hall–Kier alpha value is -1.55. The third-order valence-electron chi connectivity index (χ3n) is 2.76. The number of aryl methyl sites for hydroxylation is 1. The summed E-state index contributed by atoms with van der Waals surface area (Å²) in [7, 11) is 0. The number of aromatic nitrogens is 2. The second-order valence-corrected chi connectivity index (χ2v) is 4.26. The predicted octanol–water partition coefficient (Wildman–Crippen LogP) is 3.82. The zero-order chi connectivity index (χ0) is 12.4. The molecule has 2 aromatic rings. The summed E-state index contributed by atoms with van der Waals surface area (Å²) in [4.78, 5) is 7.17. The number of hydrogen-bond donors (Lipinski definition) is 1. The average Bonchev–Trinajstić information content (AvgIpc) is 2.29. The molecule has 17 heavy (non-hydrogen) atoms. The Kier molecular flexibility index (Phi) is 3.33. The highest BCUT2D eigenvalue weighted by Crippen LogP contribution is 2.25. The van der Waals surface area contributed by atoms with E-state index in [0.717, 1.165) is 28.8 Å². The molecule has 2 rings (SSSR count). The van der Waals surface area contributed by atoms with Gasteiger partial charge in [-0.25, -0.2) is 9.37 Å². The molecule has 0 aliphatic heterocycles. The van der Waals surface area contributed by atoms with Crippen molar-refractivity contribution in [3.05, 3.63) is 46.1 Å². The van der Waals surface area contributed by atoms with Crippen molar-refractivity contribution < 1.29 is 4.39 Å². The molecule has 0 aliphatic carbocycles. The van der Waals surface area contributed by atoms with Crippen LogP contribution in [0.15, 0.2) is 24.5 Å². The van der Waals surface area contributed by atoms with E-state index in [1.165, 1.54) is 12.1 Å². The zero-order valence-corrected chi connectivity index (χ0v) is 10.6. The van der Waals surface area contributed by atoms with E-state index in [-0.39, 0.29) is 5.82 Å². The topological polar surface area (TPSA) is 28.7 Å². The van der Waals surface area contributed by atoms with Crippen molar-refractivity contribution in [2.75, 3.05) is 0 Å². The lowest BCUT2D eigenvalue weighted by molar-refractivity contribution is 0.627. The normalized spacial score (nSPS) is 10.5. The van der Waals surface area contributed by atoms with Gasteiger partial charge in [0.15, 0.2) is 0 Å². The van der Waals surface area contributed by atoms with E-state index in [9.17, 15) is 4.39 Å². The van der Waals surface area contributed by atoms with Gasteiger partial charge in [0.25, 0.3) is 0 Å². The minimum atomic E-state index is -0.225. The molecule has 0 unspecified atom stereocenters. The van der Waals surface area contributed by atoms with Crippen LogP contribution in [0.2, 0.25) is 0 Å². The molecule has 0 bridgehead atoms. The molecular weight excluding hydrogens is 235 g/mol. The largest absolute Gasteiger partial charge is 0.346 e. The molecule has 2 nitrogen and oxygen atoms in total. The van der Waals surface area contributed by atoms with E-state index in [0.29, 0.717) is 4.64 Å². The van der Waals surface area contributed by atoms with Gasteiger partial charge in [0.2, 0.25) is 0 Å². The van der Waals surface area contributed by atoms with Gasteiger partial charge in [0.05, 0.1) is 12.0 Å². The van der Waals surface area contributed by atoms with E-state index in [1.54, 1.807) is 12.4 Å². The van der Waals surface area contributed by atoms with Crippen LogP contribution in [0.1, 0.15) is 18.1 Å². The van der Waals surface area contributed by atoms with Crippen LogP contribution in [0.3, 0.4) is 0 Å².